The molecule has 0 radical (unpaired) electrons. The van der Waals surface area contributed by atoms with Crippen LogP contribution < -0.4 is 5.32 Å². The zero-order valence-corrected chi connectivity index (χ0v) is 11.8. The fraction of sp³-hybridized carbons (Fsp3) is 0.583. The second-order valence-electron chi connectivity index (χ2n) is 4.93. The summed E-state index contributed by atoms with van der Waals surface area (Å²) in [7, 11) is -0.939. The molecule has 1 aromatic rings. The monoisotopic (exact) mass is 283 g/mol. The van der Waals surface area contributed by atoms with Gasteiger partial charge >= 0.3 is 5.69 Å². The summed E-state index contributed by atoms with van der Waals surface area (Å²) in [4.78, 5) is 14.7. The Morgan fingerprint density at radius 2 is 2.26 bits per heavy atom. The highest BCUT2D eigenvalue weighted by Gasteiger charge is 2.41. The smallest absolute Gasteiger partial charge is 0.314 e. The molecular weight excluding hydrogens is 266 g/mol. The number of anilines is 1. The minimum absolute atomic E-state index is 0.00106. The highest BCUT2D eigenvalue weighted by atomic mass is 32.2. The van der Waals surface area contributed by atoms with Crippen LogP contribution >= 0.6 is 0 Å². The van der Waals surface area contributed by atoms with Gasteiger partial charge in [-0.05, 0) is 25.8 Å². The van der Waals surface area contributed by atoms with Gasteiger partial charge in [0.1, 0.15) is 0 Å². The van der Waals surface area contributed by atoms with Crippen molar-refractivity contribution in [1.82, 2.24) is 4.98 Å². The van der Waals surface area contributed by atoms with Crippen molar-refractivity contribution in [3.63, 3.8) is 0 Å². The van der Waals surface area contributed by atoms with Crippen molar-refractivity contribution in [3.05, 3.63) is 27.9 Å². The van der Waals surface area contributed by atoms with Crippen LogP contribution in [0, 0.1) is 17.0 Å². The first kappa shape index (κ1) is 13.9. The Morgan fingerprint density at radius 3 is 2.74 bits per heavy atom. The number of rotatable bonds is 5. The molecule has 0 amide bonds. The number of nitrogens with one attached hydrogen (secondary N) is 1. The van der Waals surface area contributed by atoms with Crippen LogP contribution in [0.1, 0.15) is 24.8 Å². The second-order valence-corrected chi connectivity index (χ2v) is 6.70. The largest absolute Gasteiger partial charge is 0.363 e. The van der Waals surface area contributed by atoms with Gasteiger partial charge in [0.15, 0.2) is 0 Å². The van der Waals surface area contributed by atoms with Crippen molar-refractivity contribution in [3.8, 4) is 0 Å². The van der Waals surface area contributed by atoms with Crippen LogP contribution in [0.5, 0.6) is 0 Å². The molecule has 1 aliphatic carbocycles. The summed E-state index contributed by atoms with van der Waals surface area (Å²) in [5.41, 5.74) is 0.571. The van der Waals surface area contributed by atoms with E-state index in [1.165, 1.54) is 0 Å². The number of aromatic nitrogens is 1. The molecule has 1 heterocycles. The third kappa shape index (κ3) is 2.60. The Kier molecular flexibility index (Phi) is 3.84. The molecule has 1 fully saturated rings. The summed E-state index contributed by atoms with van der Waals surface area (Å²) in [5, 5.41) is 14.1. The summed E-state index contributed by atoms with van der Waals surface area (Å²) in [6.07, 6.45) is 6.08. The number of hydrogen-bond donors (Lipinski definition) is 1. The maximum Gasteiger partial charge on any atom is 0.314 e. The van der Waals surface area contributed by atoms with Crippen LogP contribution in [0.3, 0.4) is 0 Å². The molecule has 0 spiro atoms. The zero-order chi connectivity index (χ0) is 14.0. The van der Waals surface area contributed by atoms with E-state index in [9.17, 15) is 14.3 Å². The lowest BCUT2D eigenvalue weighted by Crippen LogP contribution is -2.47. The van der Waals surface area contributed by atoms with Gasteiger partial charge in [-0.3, -0.25) is 14.3 Å². The molecule has 2 rings (SSSR count). The number of pyridine rings is 1. The predicted octanol–water partition coefficient (Wildman–Crippen LogP) is 2.01. The SMILES string of the molecule is Cc1ccnc(NCC2(S(C)=O)CCC2)c1[N+](=O)[O-]. The van der Waals surface area contributed by atoms with E-state index >= 15 is 0 Å². The van der Waals surface area contributed by atoms with Crippen molar-refractivity contribution in [2.45, 2.75) is 30.9 Å². The number of nitro groups is 1. The highest BCUT2D eigenvalue weighted by Crippen LogP contribution is 2.37. The molecular formula is C12H17N3O3S. The van der Waals surface area contributed by atoms with Gasteiger partial charge in [-0.25, -0.2) is 4.98 Å². The van der Waals surface area contributed by atoms with E-state index in [2.05, 4.69) is 10.3 Å². The maximum absolute atomic E-state index is 11.8. The Morgan fingerprint density at radius 1 is 1.58 bits per heavy atom. The van der Waals surface area contributed by atoms with E-state index in [0.29, 0.717) is 12.1 Å². The molecule has 1 atom stereocenters. The van der Waals surface area contributed by atoms with Gasteiger partial charge in [0.25, 0.3) is 0 Å². The predicted molar refractivity (Wildman–Crippen MR) is 74.8 cm³/mol. The van der Waals surface area contributed by atoms with Crippen LogP contribution in [0.25, 0.3) is 0 Å². The highest BCUT2D eigenvalue weighted by molar-refractivity contribution is 7.85. The normalized spacial score (nSPS) is 18.4. The van der Waals surface area contributed by atoms with Gasteiger partial charge in [-0.15, -0.1) is 0 Å². The maximum atomic E-state index is 11.8. The third-order valence-electron chi connectivity index (χ3n) is 3.76. The Bertz CT molecular complexity index is 529. The van der Waals surface area contributed by atoms with E-state index < -0.39 is 15.7 Å². The first-order valence-corrected chi connectivity index (χ1v) is 7.69. The first-order chi connectivity index (χ1) is 8.96. The van der Waals surface area contributed by atoms with Crippen LogP contribution in [-0.4, -0.2) is 31.7 Å². The average Bonchev–Trinajstić information content (AvgIpc) is 2.26. The van der Waals surface area contributed by atoms with Crippen molar-refractivity contribution in [2.75, 3.05) is 18.1 Å². The molecule has 1 aliphatic rings. The van der Waals surface area contributed by atoms with Gasteiger partial charge in [-0.2, -0.15) is 0 Å². The molecule has 0 aliphatic heterocycles. The lowest BCUT2D eigenvalue weighted by Gasteiger charge is -2.39. The number of hydrogen-bond acceptors (Lipinski definition) is 5. The van der Waals surface area contributed by atoms with Crippen molar-refractivity contribution >= 4 is 22.3 Å². The second kappa shape index (κ2) is 5.24. The molecule has 7 heteroatoms. The Hall–Kier alpha value is -1.50. The van der Waals surface area contributed by atoms with Crippen molar-refractivity contribution in [2.24, 2.45) is 0 Å². The van der Waals surface area contributed by atoms with Crippen LogP contribution in [0.15, 0.2) is 12.3 Å². The zero-order valence-electron chi connectivity index (χ0n) is 11.0. The van der Waals surface area contributed by atoms with E-state index in [-0.39, 0.29) is 16.3 Å². The minimum atomic E-state index is -0.939. The topological polar surface area (TPSA) is 85.1 Å². The quantitative estimate of drug-likeness (QED) is 0.660. The molecule has 19 heavy (non-hydrogen) atoms. The van der Waals surface area contributed by atoms with Gasteiger partial charge < -0.3 is 5.32 Å². The summed E-state index contributed by atoms with van der Waals surface area (Å²) >= 11 is 0. The lowest BCUT2D eigenvalue weighted by atomic mass is 9.84. The third-order valence-corrected chi connectivity index (χ3v) is 5.53. The lowest BCUT2D eigenvalue weighted by molar-refractivity contribution is -0.384. The molecule has 6 nitrogen and oxygen atoms in total. The van der Waals surface area contributed by atoms with Gasteiger partial charge in [0.05, 0.1) is 9.67 Å². The van der Waals surface area contributed by atoms with E-state index in [1.54, 1.807) is 25.4 Å². The molecule has 1 N–H and O–H groups in total. The molecule has 104 valence electrons. The van der Waals surface area contributed by atoms with Gasteiger partial charge in [0.2, 0.25) is 5.82 Å². The minimum Gasteiger partial charge on any atom is -0.363 e. The van der Waals surface area contributed by atoms with E-state index in [1.807, 2.05) is 0 Å². The van der Waals surface area contributed by atoms with Crippen LogP contribution in [-0.2, 0) is 10.8 Å². The molecule has 0 aromatic carbocycles. The molecule has 1 aromatic heterocycles. The van der Waals surface area contributed by atoms with Crippen molar-refractivity contribution in [1.29, 1.82) is 0 Å². The summed E-state index contributed by atoms with van der Waals surface area (Å²) in [6.45, 7) is 2.15. The van der Waals surface area contributed by atoms with E-state index in [0.717, 1.165) is 19.3 Å². The Labute approximate surface area is 114 Å². The van der Waals surface area contributed by atoms with Crippen LogP contribution in [0.2, 0.25) is 0 Å². The number of aryl methyl sites for hydroxylation is 1. The molecule has 1 unspecified atom stereocenters. The Balaban J connectivity index is 2.18. The van der Waals surface area contributed by atoms with Crippen molar-refractivity contribution < 1.29 is 9.13 Å². The first-order valence-electron chi connectivity index (χ1n) is 6.14. The molecule has 0 saturated heterocycles. The summed E-state index contributed by atoms with van der Waals surface area (Å²) < 4.78 is 11.5. The fourth-order valence-corrected chi connectivity index (χ4v) is 3.43. The van der Waals surface area contributed by atoms with E-state index in [4.69, 9.17) is 0 Å². The average molecular weight is 283 g/mol. The molecule has 0 bridgehead atoms. The number of nitrogens with zero attached hydrogens (tertiary/aromatic N) is 2. The summed E-state index contributed by atoms with van der Waals surface area (Å²) in [5.74, 6) is 0.265. The van der Waals surface area contributed by atoms with Gasteiger partial charge in [0, 0.05) is 35.4 Å². The fourth-order valence-electron chi connectivity index (χ4n) is 2.29. The summed E-state index contributed by atoms with van der Waals surface area (Å²) in [6, 6.07) is 1.61. The molecule has 1 saturated carbocycles. The van der Waals surface area contributed by atoms with Crippen LogP contribution in [0.4, 0.5) is 11.5 Å². The van der Waals surface area contributed by atoms with Gasteiger partial charge in [-0.1, -0.05) is 6.42 Å². The standard InChI is InChI=1S/C12H17N3O3S/c1-9-4-7-13-11(10(9)15(16)17)14-8-12(19(2)18)5-3-6-12/h4,7H,3,5-6,8H2,1-2H3,(H,13,14).